The first-order valence-electron chi connectivity index (χ1n) is 7.45. The lowest BCUT2D eigenvalue weighted by molar-refractivity contribution is -0.161. The van der Waals surface area contributed by atoms with Crippen LogP contribution in [0.3, 0.4) is 0 Å². The maximum Gasteiger partial charge on any atom is 0.158 e. The van der Waals surface area contributed by atoms with Crippen molar-refractivity contribution in [3.8, 4) is 0 Å². The molecule has 1 aliphatic heterocycles. The van der Waals surface area contributed by atoms with Gasteiger partial charge in [0.05, 0.1) is 5.60 Å². The molecule has 0 saturated carbocycles. The summed E-state index contributed by atoms with van der Waals surface area (Å²) in [4.78, 5) is 0. The van der Waals surface area contributed by atoms with Crippen molar-refractivity contribution in [2.24, 2.45) is 5.92 Å². The second-order valence-electron chi connectivity index (χ2n) is 6.00. The van der Waals surface area contributed by atoms with Crippen LogP contribution in [0.25, 0.3) is 0 Å². The Morgan fingerprint density at radius 2 is 2.00 bits per heavy atom. The van der Waals surface area contributed by atoms with Gasteiger partial charge >= 0.3 is 0 Å². The summed E-state index contributed by atoms with van der Waals surface area (Å²) in [7, 11) is 0. The zero-order valence-electron chi connectivity index (χ0n) is 12.4. The van der Waals surface area contributed by atoms with Crippen molar-refractivity contribution in [1.29, 1.82) is 0 Å². The highest BCUT2D eigenvalue weighted by molar-refractivity contribution is 5.16. The van der Waals surface area contributed by atoms with E-state index in [-0.39, 0.29) is 11.9 Å². The van der Waals surface area contributed by atoms with Crippen LogP contribution < -0.4 is 0 Å². The average molecular weight is 262 g/mol. The van der Waals surface area contributed by atoms with Gasteiger partial charge in [0.25, 0.3) is 0 Å². The van der Waals surface area contributed by atoms with Crippen LogP contribution in [-0.4, -0.2) is 18.5 Å². The highest BCUT2D eigenvalue weighted by Gasteiger charge is 2.41. The monoisotopic (exact) mass is 262 g/mol. The smallest absolute Gasteiger partial charge is 0.158 e. The largest absolute Gasteiger partial charge is 0.353 e. The lowest BCUT2D eigenvalue weighted by atomic mass is 9.85. The van der Waals surface area contributed by atoms with E-state index in [0.29, 0.717) is 5.92 Å². The van der Waals surface area contributed by atoms with Gasteiger partial charge in [-0.2, -0.15) is 0 Å². The van der Waals surface area contributed by atoms with Gasteiger partial charge in [-0.25, -0.2) is 0 Å². The predicted molar refractivity (Wildman–Crippen MR) is 78.1 cm³/mol. The molecule has 0 aliphatic carbocycles. The van der Waals surface area contributed by atoms with Crippen molar-refractivity contribution in [2.75, 3.05) is 6.61 Å². The van der Waals surface area contributed by atoms with E-state index in [0.717, 1.165) is 25.9 Å². The van der Waals surface area contributed by atoms with Crippen LogP contribution in [0, 0.1) is 5.92 Å². The molecule has 2 nitrogen and oxygen atoms in total. The molecule has 0 spiro atoms. The third kappa shape index (κ3) is 4.05. The summed E-state index contributed by atoms with van der Waals surface area (Å²) in [6.07, 6.45) is 4.34. The molecule has 2 unspecified atom stereocenters. The number of unbranched alkanes of at least 4 members (excludes halogenated alkanes) is 1. The highest BCUT2D eigenvalue weighted by atomic mass is 16.7. The Labute approximate surface area is 117 Å². The van der Waals surface area contributed by atoms with Gasteiger partial charge in [-0.15, -0.1) is 0 Å². The molecule has 19 heavy (non-hydrogen) atoms. The Bertz CT molecular complexity index is 372. The molecule has 2 atom stereocenters. The Hall–Kier alpha value is -0.860. The molecule has 106 valence electrons. The molecular weight excluding hydrogens is 236 g/mol. The molecule has 0 amide bonds. The first kappa shape index (κ1) is 14.5. The van der Waals surface area contributed by atoms with Crippen molar-refractivity contribution in [3.63, 3.8) is 0 Å². The second kappa shape index (κ2) is 6.53. The average Bonchev–Trinajstić information content (AvgIpc) is 2.66. The van der Waals surface area contributed by atoms with E-state index in [2.05, 4.69) is 51.1 Å². The van der Waals surface area contributed by atoms with Crippen LogP contribution in [0.4, 0.5) is 0 Å². The third-order valence-electron chi connectivity index (χ3n) is 4.02. The molecule has 2 heteroatoms. The van der Waals surface area contributed by atoms with E-state index < -0.39 is 0 Å². The van der Waals surface area contributed by atoms with Crippen LogP contribution in [0.2, 0.25) is 0 Å². The van der Waals surface area contributed by atoms with E-state index in [1.54, 1.807) is 0 Å². The predicted octanol–water partition coefficient (Wildman–Crippen LogP) is 4.19. The molecule has 1 saturated heterocycles. The number of hydrogen-bond donors (Lipinski definition) is 0. The normalized spacial score (nSPS) is 25.6. The van der Waals surface area contributed by atoms with Crippen LogP contribution in [-0.2, 0) is 15.9 Å². The van der Waals surface area contributed by atoms with E-state index in [1.807, 2.05) is 0 Å². The first-order chi connectivity index (χ1) is 9.12. The van der Waals surface area contributed by atoms with E-state index in [9.17, 15) is 0 Å². The zero-order valence-corrected chi connectivity index (χ0v) is 12.4. The van der Waals surface area contributed by atoms with Gasteiger partial charge < -0.3 is 9.47 Å². The van der Waals surface area contributed by atoms with Gasteiger partial charge in [-0.3, -0.25) is 0 Å². The number of hydrogen-bond acceptors (Lipinski definition) is 2. The fourth-order valence-electron chi connectivity index (χ4n) is 2.69. The summed E-state index contributed by atoms with van der Waals surface area (Å²) in [6, 6.07) is 10.7. The molecule has 0 radical (unpaired) electrons. The van der Waals surface area contributed by atoms with Crippen LogP contribution in [0.1, 0.15) is 45.6 Å². The summed E-state index contributed by atoms with van der Waals surface area (Å²) in [6.45, 7) is 7.36. The lowest BCUT2D eigenvalue weighted by Gasteiger charge is -2.25. The Balaban J connectivity index is 1.90. The molecule has 2 rings (SSSR count). The van der Waals surface area contributed by atoms with Crippen molar-refractivity contribution < 1.29 is 9.47 Å². The summed E-state index contributed by atoms with van der Waals surface area (Å²) in [5.74, 6) is 0.529. The third-order valence-corrected chi connectivity index (χ3v) is 4.02. The van der Waals surface area contributed by atoms with Gasteiger partial charge in [-0.1, -0.05) is 43.7 Å². The van der Waals surface area contributed by atoms with E-state index >= 15 is 0 Å². The van der Waals surface area contributed by atoms with Crippen molar-refractivity contribution in [2.45, 2.75) is 58.3 Å². The zero-order chi connectivity index (χ0) is 13.7. The molecule has 1 aliphatic rings. The van der Waals surface area contributed by atoms with Gasteiger partial charge in [0, 0.05) is 13.0 Å². The van der Waals surface area contributed by atoms with E-state index in [4.69, 9.17) is 9.47 Å². The molecule has 0 N–H and O–H groups in total. The minimum Gasteiger partial charge on any atom is -0.353 e. The van der Waals surface area contributed by atoms with Gasteiger partial charge in [0.1, 0.15) is 0 Å². The summed E-state index contributed by atoms with van der Waals surface area (Å²) < 4.78 is 11.9. The van der Waals surface area contributed by atoms with Crippen LogP contribution in [0.5, 0.6) is 0 Å². The molecule has 1 aromatic carbocycles. The Morgan fingerprint density at radius 3 is 2.68 bits per heavy atom. The molecule has 1 aromatic rings. The maximum atomic E-state index is 6.06. The van der Waals surface area contributed by atoms with Crippen LogP contribution >= 0.6 is 0 Å². The molecule has 0 aromatic heterocycles. The van der Waals surface area contributed by atoms with Crippen LogP contribution in [0.15, 0.2) is 30.3 Å². The fraction of sp³-hybridized carbons (Fsp3) is 0.647. The van der Waals surface area contributed by atoms with Crippen molar-refractivity contribution in [1.82, 2.24) is 0 Å². The SMILES string of the molecule is CCCCOC1CC(Cc2ccccc2)C(C)(C)O1. The van der Waals surface area contributed by atoms with E-state index in [1.165, 1.54) is 12.0 Å². The second-order valence-corrected chi connectivity index (χ2v) is 6.00. The minimum atomic E-state index is -0.0906. The summed E-state index contributed by atoms with van der Waals surface area (Å²) in [5.41, 5.74) is 1.30. The summed E-state index contributed by atoms with van der Waals surface area (Å²) >= 11 is 0. The maximum absolute atomic E-state index is 6.06. The first-order valence-corrected chi connectivity index (χ1v) is 7.45. The molecule has 0 bridgehead atoms. The molecule has 1 fully saturated rings. The number of benzene rings is 1. The topological polar surface area (TPSA) is 18.5 Å². The number of ether oxygens (including phenoxy) is 2. The van der Waals surface area contributed by atoms with Gasteiger partial charge in [0.15, 0.2) is 6.29 Å². The summed E-state index contributed by atoms with van der Waals surface area (Å²) in [5, 5.41) is 0. The fourth-order valence-corrected chi connectivity index (χ4v) is 2.69. The Kier molecular flexibility index (Phi) is 5.00. The van der Waals surface area contributed by atoms with Crippen molar-refractivity contribution >= 4 is 0 Å². The van der Waals surface area contributed by atoms with Gasteiger partial charge in [-0.05, 0) is 38.2 Å². The quantitative estimate of drug-likeness (QED) is 0.716. The highest BCUT2D eigenvalue weighted by Crippen LogP contribution is 2.38. The molecular formula is C17H26O2. The van der Waals surface area contributed by atoms with Gasteiger partial charge in [0.2, 0.25) is 0 Å². The molecule has 1 heterocycles. The Morgan fingerprint density at radius 1 is 1.26 bits per heavy atom. The lowest BCUT2D eigenvalue weighted by Crippen LogP contribution is -2.29. The minimum absolute atomic E-state index is 0.0183. The number of rotatable bonds is 6. The van der Waals surface area contributed by atoms with Crippen molar-refractivity contribution in [3.05, 3.63) is 35.9 Å². The standard InChI is InChI=1S/C17H26O2/c1-4-5-11-18-16-13-15(17(2,3)19-16)12-14-9-7-6-8-10-14/h6-10,15-16H,4-5,11-13H2,1-3H3.